The minimum Gasteiger partial charge on any atom is -0.497 e. The normalized spacial score (nSPS) is 10.9. The molecule has 0 saturated heterocycles. The number of hydrogen-bond donors (Lipinski definition) is 0. The van der Waals surface area contributed by atoms with Gasteiger partial charge in [-0.05, 0) is 60.7 Å². The number of nitrogens with zero attached hydrogens (tertiary/aromatic N) is 1. The van der Waals surface area contributed by atoms with Crippen LogP contribution in [0, 0.1) is 5.82 Å². The molecule has 0 aliphatic rings. The maximum absolute atomic E-state index is 13.5. The molecule has 3 aromatic carbocycles. The number of ether oxygens (including phenoxy) is 3. The van der Waals surface area contributed by atoms with E-state index in [0.717, 1.165) is 22.5 Å². The molecule has 0 N–H and O–H groups in total. The number of carbonyl (C=O) groups excluding carboxylic acids is 2. The largest absolute Gasteiger partial charge is 0.497 e. The van der Waals surface area contributed by atoms with Gasteiger partial charge in [0.15, 0.2) is 6.61 Å². The number of benzene rings is 3. The van der Waals surface area contributed by atoms with Gasteiger partial charge in [-0.15, -0.1) is 0 Å². The molecule has 8 nitrogen and oxygen atoms in total. The number of methoxy groups -OCH3 is 2. The second-order valence-corrected chi connectivity index (χ2v) is 9.01. The van der Waals surface area contributed by atoms with Crippen molar-refractivity contribution in [3.05, 3.63) is 83.7 Å². The molecule has 0 aromatic heterocycles. The third kappa shape index (κ3) is 5.34. The van der Waals surface area contributed by atoms with Gasteiger partial charge >= 0.3 is 5.97 Å². The van der Waals surface area contributed by atoms with Crippen molar-refractivity contribution >= 4 is 27.5 Å². The molecule has 0 heterocycles. The first-order chi connectivity index (χ1) is 16.2. The summed E-state index contributed by atoms with van der Waals surface area (Å²) in [6, 6.07) is 15.1. The zero-order valence-electron chi connectivity index (χ0n) is 18.6. The fourth-order valence-corrected chi connectivity index (χ4v) is 4.30. The van der Waals surface area contributed by atoms with E-state index < -0.39 is 34.2 Å². The van der Waals surface area contributed by atoms with Crippen molar-refractivity contribution in [3.8, 4) is 11.5 Å². The third-order valence-electron chi connectivity index (χ3n) is 4.96. The summed E-state index contributed by atoms with van der Waals surface area (Å²) in [5.41, 5.74) is 0.249. The Kier molecular flexibility index (Phi) is 7.52. The van der Waals surface area contributed by atoms with Crippen LogP contribution in [-0.4, -0.2) is 48.0 Å². The predicted octanol–water partition coefficient (Wildman–Crippen LogP) is 3.71. The molecule has 178 valence electrons. The molecule has 0 aliphatic carbocycles. The number of Topliss-reactive ketones (excluding diaryl/α,β-unsaturated/α-hetero) is 1. The van der Waals surface area contributed by atoms with Crippen molar-refractivity contribution in [2.24, 2.45) is 0 Å². The third-order valence-corrected chi connectivity index (χ3v) is 6.74. The summed E-state index contributed by atoms with van der Waals surface area (Å²) in [4.78, 5) is 24.7. The number of carbonyl (C=O) groups is 2. The van der Waals surface area contributed by atoms with Gasteiger partial charge < -0.3 is 14.2 Å². The SMILES string of the molecule is COc1ccc(N(C)S(=O)(=O)c2cccc(C(=O)OCC(=O)c3cc(F)ccc3OC)c2)cc1. The van der Waals surface area contributed by atoms with E-state index in [9.17, 15) is 22.4 Å². The van der Waals surface area contributed by atoms with E-state index in [1.807, 2.05) is 0 Å². The molecule has 0 unspecified atom stereocenters. The molecule has 0 spiro atoms. The average Bonchev–Trinajstić information content (AvgIpc) is 2.86. The highest BCUT2D eigenvalue weighted by atomic mass is 32.2. The van der Waals surface area contributed by atoms with Crippen molar-refractivity contribution < 1.29 is 36.6 Å². The van der Waals surface area contributed by atoms with E-state index in [4.69, 9.17) is 14.2 Å². The molecular weight excluding hydrogens is 465 g/mol. The topological polar surface area (TPSA) is 99.2 Å². The number of rotatable bonds is 9. The van der Waals surface area contributed by atoms with Crippen LogP contribution in [0.3, 0.4) is 0 Å². The van der Waals surface area contributed by atoms with Crippen LogP contribution in [0.4, 0.5) is 10.1 Å². The summed E-state index contributed by atoms with van der Waals surface area (Å²) in [7, 11) is 0.213. The van der Waals surface area contributed by atoms with Crippen LogP contribution in [0.25, 0.3) is 0 Å². The number of esters is 1. The van der Waals surface area contributed by atoms with E-state index in [2.05, 4.69) is 0 Å². The lowest BCUT2D eigenvalue weighted by Crippen LogP contribution is -2.26. The Balaban J connectivity index is 1.75. The molecule has 0 aliphatic heterocycles. The summed E-state index contributed by atoms with van der Waals surface area (Å²) in [5.74, 6) is -1.52. The lowest BCUT2D eigenvalue weighted by atomic mass is 10.1. The van der Waals surface area contributed by atoms with Crippen molar-refractivity contribution in [2.75, 3.05) is 32.2 Å². The summed E-state index contributed by atoms with van der Waals surface area (Å²) in [5, 5.41) is 0. The average molecular weight is 488 g/mol. The zero-order chi connectivity index (χ0) is 24.9. The van der Waals surface area contributed by atoms with E-state index >= 15 is 0 Å². The Labute approximate surface area is 196 Å². The number of ketones is 1. The minimum absolute atomic E-state index is 0.0665. The number of halogens is 1. The van der Waals surface area contributed by atoms with Gasteiger partial charge in [-0.25, -0.2) is 17.6 Å². The quantitative estimate of drug-likeness (QED) is 0.335. The van der Waals surface area contributed by atoms with E-state index in [0.29, 0.717) is 11.4 Å². The maximum Gasteiger partial charge on any atom is 0.338 e. The highest BCUT2D eigenvalue weighted by Crippen LogP contribution is 2.25. The fraction of sp³-hybridized carbons (Fsp3) is 0.167. The first-order valence-corrected chi connectivity index (χ1v) is 11.4. The Hall–Kier alpha value is -3.92. The lowest BCUT2D eigenvalue weighted by Gasteiger charge is -2.20. The summed E-state index contributed by atoms with van der Waals surface area (Å²) in [6.07, 6.45) is 0. The van der Waals surface area contributed by atoms with Crippen molar-refractivity contribution in [1.29, 1.82) is 0 Å². The summed E-state index contributed by atoms with van der Waals surface area (Å²) >= 11 is 0. The van der Waals surface area contributed by atoms with E-state index in [1.54, 1.807) is 24.3 Å². The Bertz CT molecular complexity index is 1310. The van der Waals surface area contributed by atoms with Crippen LogP contribution in [0.5, 0.6) is 11.5 Å². The second kappa shape index (κ2) is 10.3. The summed E-state index contributed by atoms with van der Waals surface area (Å²) < 4.78 is 55.8. The van der Waals surface area contributed by atoms with Gasteiger partial charge in [-0.2, -0.15) is 0 Å². The first-order valence-electron chi connectivity index (χ1n) is 9.94. The van der Waals surface area contributed by atoms with Gasteiger partial charge in [0.25, 0.3) is 10.0 Å². The number of hydrogen-bond acceptors (Lipinski definition) is 7. The fourth-order valence-electron chi connectivity index (χ4n) is 3.06. The maximum atomic E-state index is 13.5. The van der Waals surface area contributed by atoms with Crippen LogP contribution < -0.4 is 13.8 Å². The van der Waals surface area contributed by atoms with Gasteiger partial charge in [0.1, 0.15) is 17.3 Å². The lowest BCUT2D eigenvalue weighted by molar-refractivity contribution is 0.0473. The summed E-state index contributed by atoms with van der Waals surface area (Å²) in [6.45, 7) is -0.679. The molecule has 0 bridgehead atoms. The Morgan fingerprint density at radius 2 is 1.65 bits per heavy atom. The molecule has 34 heavy (non-hydrogen) atoms. The van der Waals surface area contributed by atoms with Crippen LogP contribution in [0.2, 0.25) is 0 Å². The second-order valence-electron chi connectivity index (χ2n) is 7.04. The van der Waals surface area contributed by atoms with Crippen molar-refractivity contribution in [3.63, 3.8) is 0 Å². The Morgan fingerprint density at radius 3 is 2.29 bits per heavy atom. The first kappa shape index (κ1) is 24.7. The number of anilines is 1. The van der Waals surface area contributed by atoms with Crippen molar-refractivity contribution in [2.45, 2.75) is 4.90 Å². The van der Waals surface area contributed by atoms with Gasteiger partial charge in [0.05, 0.1) is 35.9 Å². The van der Waals surface area contributed by atoms with Gasteiger partial charge in [-0.3, -0.25) is 9.10 Å². The molecule has 0 radical (unpaired) electrons. The molecule has 10 heteroatoms. The van der Waals surface area contributed by atoms with Crippen molar-refractivity contribution in [1.82, 2.24) is 0 Å². The smallest absolute Gasteiger partial charge is 0.338 e. The Morgan fingerprint density at radius 1 is 0.941 bits per heavy atom. The minimum atomic E-state index is -4.00. The van der Waals surface area contributed by atoms with Crippen LogP contribution >= 0.6 is 0 Å². The monoisotopic (exact) mass is 487 g/mol. The van der Waals surface area contributed by atoms with Gasteiger partial charge in [0.2, 0.25) is 5.78 Å². The molecular formula is C24H22FNO7S. The van der Waals surface area contributed by atoms with Gasteiger partial charge in [-0.1, -0.05) is 6.07 Å². The molecule has 0 amide bonds. The van der Waals surface area contributed by atoms with Crippen LogP contribution in [0.1, 0.15) is 20.7 Å². The van der Waals surface area contributed by atoms with E-state index in [-0.39, 0.29) is 21.8 Å². The molecule has 0 atom stereocenters. The highest BCUT2D eigenvalue weighted by molar-refractivity contribution is 7.92. The van der Waals surface area contributed by atoms with E-state index in [1.165, 1.54) is 45.5 Å². The molecule has 3 rings (SSSR count). The molecule has 0 fully saturated rings. The number of sulfonamides is 1. The van der Waals surface area contributed by atoms with Gasteiger partial charge in [0, 0.05) is 7.05 Å². The zero-order valence-corrected chi connectivity index (χ0v) is 19.5. The predicted molar refractivity (Wildman–Crippen MR) is 123 cm³/mol. The molecule has 0 saturated carbocycles. The molecule has 3 aromatic rings. The highest BCUT2D eigenvalue weighted by Gasteiger charge is 2.23. The standard InChI is InChI=1S/C24H22FNO7S/c1-26(18-8-10-19(31-2)11-9-18)34(29,30)20-6-4-5-16(13-20)24(28)33-15-22(27)21-14-17(25)7-12-23(21)32-3/h4-14H,15H2,1-3H3. The van der Waals surface area contributed by atoms with Crippen LogP contribution in [0.15, 0.2) is 71.6 Å². The van der Waals surface area contributed by atoms with Crippen LogP contribution in [-0.2, 0) is 14.8 Å².